The molecule has 0 spiro atoms. The molecular formula is C25H27ClN6O2S. The van der Waals surface area contributed by atoms with Crippen LogP contribution >= 0.6 is 11.6 Å². The van der Waals surface area contributed by atoms with Gasteiger partial charge in [-0.2, -0.15) is 0 Å². The second kappa shape index (κ2) is 10.5. The number of benzene rings is 2. The number of fused-ring (bicyclic) bond motifs is 3. The number of carbonyl (C=O) groups is 1. The monoisotopic (exact) mass is 510 g/mol. The van der Waals surface area contributed by atoms with Crippen LogP contribution < -0.4 is 15.4 Å². The van der Waals surface area contributed by atoms with E-state index in [4.69, 9.17) is 11.6 Å². The van der Waals surface area contributed by atoms with E-state index in [1.807, 2.05) is 30.3 Å². The van der Waals surface area contributed by atoms with E-state index in [9.17, 15) is 9.35 Å². The standard InChI is InChI=1S/C25H27ClN6O2S/c1-2-32-10-9-16(15-32)13-28-35(34)20-6-4-19(5-7-20)29-25-27-14-17-11-23(33)30-22-12-18(26)3-8-21(22)24(17)31-25/h3-8,12,14,16,28H,2,9-11,13,15H2,1H3,(H,30,33)(H,27,29,31). The summed E-state index contributed by atoms with van der Waals surface area (Å²) in [5.41, 5.74) is 3.63. The van der Waals surface area contributed by atoms with Crippen molar-refractivity contribution in [1.29, 1.82) is 0 Å². The molecule has 3 heterocycles. The fourth-order valence-corrected chi connectivity index (χ4v) is 5.57. The van der Waals surface area contributed by atoms with E-state index < -0.39 is 11.4 Å². The summed E-state index contributed by atoms with van der Waals surface area (Å²) in [5.74, 6) is 0.814. The second-order valence-corrected chi connectivity index (χ2v) is 10.5. The molecule has 0 radical (unpaired) electrons. The number of aromatic nitrogens is 2. The van der Waals surface area contributed by atoms with Crippen LogP contribution in [0.25, 0.3) is 11.3 Å². The lowest BCUT2D eigenvalue weighted by molar-refractivity contribution is -0.115. The van der Waals surface area contributed by atoms with Gasteiger partial charge in [0.1, 0.15) is 0 Å². The van der Waals surface area contributed by atoms with Gasteiger partial charge >= 0.3 is 0 Å². The highest BCUT2D eigenvalue weighted by atomic mass is 35.5. The minimum atomic E-state index is -1.26. The van der Waals surface area contributed by atoms with Gasteiger partial charge < -0.3 is 20.1 Å². The van der Waals surface area contributed by atoms with Crippen molar-refractivity contribution in [3.63, 3.8) is 0 Å². The van der Waals surface area contributed by atoms with E-state index in [-0.39, 0.29) is 12.3 Å². The van der Waals surface area contributed by atoms with E-state index in [0.29, 0.717) is 28.3 Å². The van der Waals surface area contributed by atoms with E-state index in [1.165, 1.54) is 0 Å². The number of anilines is 3. The van der Waals surface area contributed by atoms with Gasteiger partial charge in [-0.05, 0) is 67.9 Å². The molecule has 182 valence electrons. The van der Waals surface area contributed by atoms with Crippen LogP contribution in [0.4, 0.5) is 17.3 Å². The van der Waals surface area contributed by atoms with Gasteiger partial charge in [0.05, 0.1) is 29.2 Å². The number of carbonyl (C=O) groups excluding carboxylic acids is 1. The Morgan fingerprint density at radius 1 is 1.26 bits per heavy atom. The van der Waals surface area contributed by atoms with Crippen molar-refractivity contribution in [2.75, 3.05) is 36.8 Å². The van der Waals surface area contributed by atoms with Crippen LogP contribution in [0.5, 0.6) is 0 Å². The number of rotatable bonds is 7. The summed E-state index contributed by atoms with van der Waals surface area (Å²) < 4.78 is 15.9. The average Bonchev–Trinajstić information content (AvgIpc) is 3.27. The number of halogens is 1. The van der Waals surface area contributed by atoms with Crippen molar-refractivity contribution >= 4 is 46.2 Å². The molecule has 2 unspecified atom stereocenters. The third-order valence-corrected chi connectivity index (χ3v) is 7.74. The molecule has 35 heavy (non-hydrogen) atoms. The molecule has 2 atom stereocenters. The Morgan fingerprint density at radius 2 is 2.09 bits per heavy atom. The molecular weight excluding hydrogens is 484 g/mol. The molecule has 10 heteroatoms. The van der Waals surface area contributed by atoms with Crippen LogP contribution in [0.3, 0.4) is 0 Å². The van der Waals surface area contributed by atoms with Gasteiger partial charge in [0.15, 0.2) is 4.90 Å². The van der Waals surface area contributed by atoms with E-state index in [1.54, 1.807) is 18.3 Å². The lowest BCUT2D eigenvalue weighted by Crippen LogP contribution is -2.31. The maximum atomic E-state index is 12.7. The zero-order chi connectivity index (χ0) is 24.4. The number of likely N-dealkylation sites (tertiary alicyclic amines) is 1. The minimum Gasteiger partial charge on any atom is -0.593 e. The first-order valence-corrected chi connectivity index (χ1v) is 13.2. The van der Waals surface area contributed by atoms with Crippen molar-refractivity contribution in [2.45, 2.75) is 24.7 Å². The van der Waals surface area contributed by atoms with Crippen LogP contribution in [0.2, 0.25) is 5.02 Å². The third kappa shape index (κ3) is 5.60. The molecule has 3 aromatic rings. The van der Waals surface area contributed by atoms with Crippen molar-refractivity contribution in [2.24, 2.45) is 5.92 Å². The number of nitrogens with zero attached hydrogens (tertiary/aromatic N) is 3. The van der Waals surface area contributed by atoms with Gasteiger partial charge in [-0.15, -0.1) is 4.72 Å². The first-order chi connectivity index (χ1) is 17.0. The number of nitrogens with one attached hydrogen (secondary N) is 3. The molecule has 5 rings (SSSR count). The highest BCUT2D eigenvalue weighted by molar-refractivity contribution is 7.89. The van der Waals surface area contributed by atoms with Crippen LogP contribution in [-0.2, 0) is 22.6 Å². The van der Waals surface area contributed by atoms with Crippen molar-refractivity contribution in [3.05, 3.63) is 59.2 Å². The van der Waals surface area contributed by atoms with Crippen molar-refractivity contribution in [3.8, 4) is 11.3 Å². The lowest BCUT2D eigenvalue weighted by atomic mass is 10.1. The van der Waals surface area contributed by atoms with Gasteiger partial charge in [-0.1, -0.05) is 18.5 Å². The summed E-state index contributed by atoms with van der Waals surface area (Å²) in [6, 6.07) is 12.7. The summed E-state index contributed by atoms with van der Waals surface area (Å²) in [5, 5.41) is 6.62. The fraction of sp³-hybridized carbons (Fsp3) is 0.320. The highest BCUT2D eigenvalue weighted by Crippen LogP contribution is 2.35. The van der Waals surface area contributed by atoms with Gasteiger partial charge in [0.25, 0.3) is 0 Å². The Hall–Kier alpha value is -2.69. The number of hydrogen-bond donors (Lipinski definition) is 3. The molecule has 0 bridgehead atoms. The molecule has 1 amide bonds. The van der Waals surface area contributed by atoms with Gasteiger partial charge in [0, 0.05) is 41.1 Å². The van der Waals surface area contributed by atoms with E-state index >= 15 is 0 Å². The first kappa shape index (κ1) is 24.0. The Labute approximate surface area is 212 Å². The Morgan fingerprint density at radius 3 is 2.86 bits per heavy atom. The highest BCUT2D eigenvalue weighted by Gasteiger charge is 2.24. The van der Waals surface area contributed by atoms with Gasteiger partial charge in [-0.25, -0.2) is 9.97 Å². The van der Waals surface area contributed by atoms with Gasteiger partial charge in [0.2, 0.25) is 11.9 Å². The Balaban J connectivity index is 1.27. The lowest BCUT2D eigenvalue weighted by Gasteiger charge is -2.15. The maximum Gasteiger partial charge on any atom is 0.228 e. The summed E-state index contributed by atoms with van der Waals surface area (Å²) in [6.07, 6.45) is 3.00. The molecule has 1 aromatic heterocycles. The van der Waals surface area contributed by atoms with E-state index in [0.717, 1.165) is 54.3 Å². The molecule has 0 saturated carbocycles. The van der Waals surface area contributed by atoms with Crippen molar-refractivity contribution < 1.29 is 9.35 Å². The van der Waals surface area contributed by atoms with Crippen LogP contribution in [0, 0.1) is 5.92 Å². The largest absolute Gasteiger partial charge is 0.593 e. The topological polar surface area (TPSA) is 105 Å². The minimum absolute atomic E-state index is 0.135. The average molecular weight is 511 g/mol. The van der Waals surface area contributed by atoms with Crippen LogP contribution in [0.1, 0.15) is 18.9 Å². The molecule has 8 nitrogen and oxygen atoms in total. The fourth-order valence-electron chi connectivity index (χ4n) is 4.46. The molecule has 1 saturated heterocycles. The smallest absolute Gasteiger partial charge is 0.228 e. The Kier molecular flexibility index (Phi) is 7.22. The summed E-state index contributed by atoms with van der Waals surface area (Å²) in [6.45, 7) is 6.17. The first-order valence-electron chi connectivity index (χ1n) is 11.7. The predicted molar refractivity (Wildman–Crippen MR) is 139 cm³/mol. The predicted octanol–water partition coefficient (Wildman–Crippen LogP) is 3.99. The van der Waals surface area contributed by atoms with Gasteiger partial charge in [-0.3, -0.25) is 4.79 Å². The van der Waals surface area contributed by atoms with Crippen LogP contribution in [0.15, 0.2) is 53.6 Å². The summed E-state index contributed by atoms with van der Waals surface area (Å²) in [7, 11) is 0. The normalized spacial score (nSPS) is 18.4. The summed E-state index contributed by atoms with van der Waals surface area (Å²) >= 11 is 4.86. The maximum absolute atomic E-state index is 12.7. The molecule has 1 fully saturated rings. The SMILES string of the molecule is CCN1CCC(CN[S+]([O-])c2ccc(Nc3ncc4c(n3)-c3ccc(Cl)cc3NC(=O)C4)cc2)C1. The van der Waals surface area contributed by atoms with Crippen molar-refractivity contribution in [1.82, 2.24) is 19.6 Å². The zero-order valence-corrected chi connectivity index (χ0v) is 21.0. The number of hydrogen-bond acceptors (Lipinski definition) is 7. The van der Waals surface area contributed by atoms with E-state index in [2.05, 4.69) is 37.1 Å². The second-order valence-electron chi connectivity index (χ2n) is 8.80. The molecule has 2 aromatic carbocycles. The number of amides is 1. The molecule has 0 aliphatic carbocycles. The quantitative estimate of drug-likeness (QED) is 0.413. The zero-order valence-electron chi connectivity index (χ0n) is 19.4. The molecule has 2 aliphatic rings. The molecule has 3 N–H and O–H groups in total. The Bertz CT molecular complexity index is 1230. The summed E-state index contributed by atoms with van der Waals surface area (Å²) in [4.78, 5) is 24.5. The van der Waals surface area contributed by atoms with Crippen LogP contribution in [-0.4, -0.2) is 51.5 Å². The molecule has 2 aliphatic heterocycles. The third-order valence-electron chi connectivity index (χ3n) is 6.37.